The molecule has 6 heteroatoms. The van der Waals surface area contributed by atoms with Crippen LogP contribution < -0.4 is 16.4 Å². The number of anilines is 2. The molecule has 0 saturated heterocycles. The molecule has 0 fully saturated rings. The van der Waals surface area contributed by atoms with E-state index < -0.39 is 6.03 Å². The molecule has 1 unspecified atom stereocenters. The molecule has 0 radical (unpaired) electrons. The smallest absolute Gasteiger partial charge is 0.316 e. The van der Waals surface area contributed by atoms with Crippen molar-refractivity contribution in [1.29, 1.82) is 0 Å². The number of thiophene rings is 1. The van der Waals surface area contributed by atoms with E-state index in [1.807, 2.05) is 24.3 Å². The third-order valence-electron chi connectivity index (χ3n) is 2.56. The number of hydrogen-bond donors (Lipinski definition) is 3. The number of primary amides is 1. The molecular formula is C13H14ClN3OS. The van der Waals surface area contributed by atoms with Crippen LogP contribution in [0.25, 0.3) is 0 Å². The first-order valence-electron chi connectivity index (χ1n) is 5.73. The number of amides is 2. The first-order valence-corrected chi connectivity index (χ1v) is 6.92. The Hall–Kier alpha value is -1.72. The van der Waals surface area contributed by atoms with Gasteiger partial charge in [0.2, 0.25) is 0 Å². The molecule has 0 bridgehead atoms. The van der Waals surface area contributed by atoms with Gasteiger partial charge in [-0.05, 0) is 43.3 Å². The van der Waals surface area contributed by atoms with Crippen molar-refractivity contribution in [3.8, 4) is 0 Å². The molecule has 1 atom stereocenters. The summed E-state index contributed by atoms with van der Waals surface area (Å²) in [4.78, 5) is 11.9. The minimum atomic E-state index is -0.567. The summed E-state index contributed by atoms with van der Waals surface area (Å²) in [5.74, 6) is 0. The summed E-state index contributed by atoms with van der Waals surface area (Å²) in [5, 5.41) is 5.88. The normalized spacial score (nSPS) is 11.9. The van der Waals surface area contributed by atoms with E-state index in [-0.39, 0.29) is 6.04 Å². The summed E-state index contributed by atoms with van der Waals surface area (Å²) in [5.41, 5.74) is 6.68. The molecule has 100 valence electrons. The highest BCUT2D eigenvalue weighted by Crippen LogP contribution is 2.29. The van der Waals surface area contributed by atoms with Gasteiger partial charge >= 0.3 is 6.03 Å². The van der Waals surface area contributed by atoms with Gasteiger partial charge in [-0.3, -0.25) is 0 Å². The van der Waals surface area contributed by atoms with Gasteiger partial charge in [0.25, 0.3) is 0 Å². The summed E-state index contributed by atoms with van der Waals surface area (Å²) in [6, 6.07) is 10.9. The monoisotopic (exact) mass is 295 g/mol. The Labute approximate surface area is 120 Å². The van der Waals surface area contributed by atoms with E-state index in [0.717, 1.165) is 10.0 Å². The number of nitrogens with two attached hydrogens (primary N) is 1. The van der Waals surface area contributed by atoms with Crippen LogP contribution in [-0.4, -0.2) is 6.03 Å². The van der Waals surface area contributed by atoms with Crippen molar-refractivity contribution < 1.29 is 4.79 Å². The number of urea groups is 1. The second kappa shape index (κ2) is 5.95. The summed E-state index contributed by atoms with van der Waals surface area (Å²) >= 11 is 7.47. The number of halogens is 1. The Morgan fingerprint density at radius 3 is 2.37 bits per heavy atom. The summed E-state index contributed by atoms with van der Waals surface area (Å²) in [7, 11) is 0. The molecule has 4 N–H and O–H groups in total. The number of carbonyl (C=O) groups excluding carboxylic acids is 1. The van der Waals surface area contributed by atoms with E-state index in [1.54, 1.807) is 23.5 Å². The Morgan fingerprint density at radius 2 is 1.84 bits per heavy atom. The van der Waals surface area contributed by atoms with Crippen LogP contribution in [0.4, 0.5) is 16.2 Å². The van der Waals surface area contributed by atoms with Gasteiger partial charge in [-0.15, -0.1) is 11.3 Å². The molecule has 2 rings (SSSR count). The van der Waals surface area contributed by atoms with E-state index in [9.17, 15) is 4.79 Å². The highest BCUT2D eigenvalue weighted by molar-refractivity contribution is 7.16. The van der Waals surface area contributed by atoms with Gasteiger partial charge in [0.05, 0.1) is 10.4 Å². The van der Waals surface area contributed by atoms with Crippen molar-refractivity contribution in [2.75, 3.05) is 10.6 Å². The van der Waals surface area contributed by atoms with Gasteiger partial charge in [-0.25, -0.2) is 4.79 Å². The van der Waals surface area contributed by atoms with E-state index in [1.165, 1.54) is 4.88 Å². The van der Waals surface area contributed by atoms with Crippen LogP contribution in [-0.2, 0) is 0 Å². The van der Waals surface area contributed by atoms with Gasteiger partial charge < -0.3 is 16.4 Å². The topological polar surface area (TPSA) is 67.2 Å². The number of rotatable bonds is 4. The van der Waals surface area contributed by atoms with Crippen LogP contribution >= 0.6 is 22.9 Å². The van der Waals surface area contributed by atoms with E-state index >= 15 is 0 Å². The van der Waals surface area contributed by atoms with Crippen molar-refractivity contribution in [3.05, 3.63) is 45.6 Å². The largest absolute Gasteiger partial charge is 0.378 e. The van der Waals surface area contributed by atoms with Crippen molar-refractivity contribution >= 4 is 40.3 Å². The molecule has 2 amide bonds. The van der Waals surface area contributed by atoms with Crippen LogP contribution in [0.5, 0.6) is 0 Å². The molecule has 1 aromatic carbocycles. The Kier molecular flexibility index (Phi) is 4.29. The zero-order chi connectivity index (χ0) is 13.8. The van der Waals surface area contributed by atoms with Crippen LogP contribution in [0, 0.1) is 0 Å². The molecule has 1 heterocycles. The molecule has 0 spiro atoms. The van der Waals surface area contributed by atoms with Crippen molar-refractivity contribution in [3.63, 3.8) is 0 Å². The Balaban J connectivity index is 2.01. The van der Waals surface area contributed by atoms with E-state index in [2.05, 4.69) is 17.6 Å². The average molecular weight is 296 g/mol. The molecule has 19 heavy (non-hydrogen) atoms. The van der Waals surface area contributed by atoms with Crippen LogP contribution in [0.1, 0.15) is 17.8 Å². The predicted octanol–water partition coefficient (Wildman–Crippen LogP) is 4.07. The SMILES string of the molecule is CC(Nc1ccc(NC(N)=O)cc1)c1ccc(Cl)s1. The fourth-order valence-electron chi connectivity index (χ4n) is 1.67. The van der Waals surface area contributed by atoms with E-state index in [4.69, 9.17) is 17.3 Å². The zero-order valence-corrected chi connectivity index (χ0v) is 11.9. The second-order valence-electron chi connectivity index (χ2n) is 4.07. The maximum Gasteiger partial charge on any atom is 0.316 e. The lowest BCUT2D eigenvalue weighted by atomic mass is 10.2. The highest BCUT2D eigenvalue weighted by atomic mass is 35.5. The molecule has 1 aromatic heterocycles. The van der Waals surface area contributed by atoms with Crippen LogP contribution in [0.2, 0.25) is 4.34 Å². The molecule has 0 aliphatic rings. The Morgan fingerprint density at radius 1 is 1.21 bits per heavy atom. The third kappa shape index (κ3) is 3.87. The van der Waals surface area contributed by atoms with Crippen molar-refractivity contribution in [1.82, 2.24) is 0 Å². The zero-order valence-electron chi connectivity index (χ0n) is 10.3. The van der Waals surface area contributed by atoms with Gasteiger partial charge in [0, 0.05) is 16.3 Å². The molecular weight excluding hydrogens is 282 g/mol. The maximum atomic E-state index is 10.7. The van der Waals surface area contributed by atoms with Gasteiger partial charge in [0.15, 0.2) is 0 Å². The lowest BCUT2D eigenvalue weighted by Crippen LogP contribution is -2.19. The molecule has 4 nitrogen and oxygen atoms in total. The predicted molar refractivity (Wildman–Crippen MR) is 81.0 cm³/mol. The minimum absolute atomic E-state index is 0.174. The first kappa shape index (κ1) is 13.7. The summed E-state index contributed by atoms with van der Waals surface area (Å²) in [6.45, 7) is 2.07. The lowest BCUT2D eigenvalue weighted by molar-refractivity contribution is 0.259. The number of benzene rings is 1. The van der Waals surface area contributed by atoms with Crippen LogP contribution in [0.3, 0.4) is 0 Å². The number of carbonyl (C=O) groups is 1. The maximum absolute atomic E-state index is 10.7. The lowest BCUT2D eigenvalue weighted by Gasteiger charge is -2.14. The van der Waals surface area contributed by atoms with Crippen molar-refractivity contribution in [2.24, 2.45) is 5.73 Å². The summed E-state index contributed by atoms with van der Waals surface area (Å²) in [6.07, 6.45) is 0. The minimum Gasteiger partial charge on any atom is -0.378 e. The fraction of sp³-hybridized carbons (Fsp3) is 0.154. The van der Waals surface area contributed by atoms with Gasteiger partial charge in [-0.2, -0.15) is 0 Å². The number of nitrogens with one attached hydrogen (secondary N) is 2. The molecule has 0 aliphatic carbocycles. The van der Waals surface area contributed by atoms with Gasteiger partial charge in [-0.1, -0.05) is 11.6 Å². The Bertz CT molecular complexity index is 568. The quantitative estimate of drug-likeness (QED) is 0.796. The molecule has 0 saturated carbocycles. The van der Waals surface area contributed by atoms with E-state index in [0.29, 0.717) is 5.69 Å². The second-order valence-corrected chi connectivity index (χ2v) is 5.82. The molecule has 2 aromatic rings. The summed E-state index contributed by atoms with van der Waals surface area (Å²) < 4.78 is 0.782. The standard InChI is InChI=1S/C13H14ClN3OS/c1-8(11-6-7-12(14)19-11)16-9-2-4-10(5-3-9)17-13(15)18/h2-8,16H,1H3,(H3,15,17,18). The number of hydrogen-bond acceptors (Lipinski definition) is 3. The molecule has 0 aliphatic heterocycles. The highest BCUT2D eigenvalue weighted by Gasteiger charge is 2.08. The first-order chi connectivity index (χ1) is 9.04. The van der Waals surface area contributed by atoms with Gasteiger partial charge in [0.1, 0.15) is 0 Å². The van der Waals surface area contributed by atoms with Crippen molar-refractivity contribution in [2.45, 2.75) is 13.0 Å². The fourth-order valence-corrected chi connectivity index (χ4v) is 2.74. The third-order valence-corrected chi connectivity index (χ3v) is 3.97. The van der Waals surface area contributed by atoms with Crippen LogP contribution in [0.15, 0.2) is 36.4 Å². The average Bonchev–Trinajstić information content (AvgIpc) is 2.78.